The van der Waals surface area contributed by atoms with Gasteiger partial charge in [0.15, 0.2) is 0 Å². The summed E-state index contributed by atoms with van der Waals surface area (Å²) in [5, 5.41) is 14.0. The first-order valence-corrected chi connectivity index (χ1v) is 36.9. The number of hydrogen-bond acceptors (Lipinski definition) is 5. The molecule has 3 N–H and O–H groups in total. The molecular formula is C76H136N2O6P+. The van der Waals surface area contributed by atoms with Gasteiger partial charge in [-0.1, -0.05) is 322 Å². The number of rotatable bonds is 64. The smallest absolute Gasteiger partial charge is 0.387 e. The van der Waals surface area contributed by atoms with Crippen LogP contribution in [-0.4, -0.2) is 73.4 Å². The molecule has 8 nitrogen and oxygen atoms in total. The Morgan fingerprint density at radius 1 is 0.412 bits per heavy atom. The number of unbranched alkanes of at least 4 members (excludes halogenated alkanes) is 33. The van der Waals surface area contributed by atoms with Crippen LogP contribution in [0, 0.1) is 0 Å². The molecule has 1 amide bonds. The van der Waals surface area contributed by atoms with Gasteiger partial charge in [-0.2, -0.15) is 0 Å². The average Bonchev–Trinajstić information content (AvgIpc) is 3.49. The van der Waals surface area contributed by atoms with Gasteiger partial charge in [-0.3, -0.25) is 13.8 Å². The van der Waals surface area contributed by atoms with E-state index in [1.54, 1.807) is 6.08 Å². The summed E-state index contributed by atoms with van der Waals surface area (Å²) >= 11 is 0. The molecule has 0 radical (unpaired) electrons. The van der Waals surface area contributed by atoms with Crippen LogP contribution in [0.4, 0.5) is 0 Å². The zero-order valence-electron chi connectivity index (χ0n) is 56.1. The van der Waals surface area contributed by atoms with Gasteiger partial charge < -0.3 is 19.8 Å². The monoisotopic (exact) mass is 1200 g/mol. The van der Waals surface area contributed by atoms with Crippen LogP contribution in [0.3, 0.4) is 0 Å². The number of quaternary nitrogens is 1. The third kappa shape index (κ3) is 68.3. The fourth-order valence-corrected chi connectivity index (χ4v) is 10.7. The van der Waals surface area contributed by atoms with Gasteiger partial charge in [0.05, 0.1) is 39.9 Å². The van der Waals surface area contributed by atoms with Gasteiger partial charge >= 0.3 is 7.82 Å². The van der Waals surface area contributed by atoms with E-state index in [1.165, 1.54) is 180 Å². The van der Waals surface area contributed by atoms with E-state index in [1.807, 2.05) is 27.2 Å². The van der Waals surface area contributed by atoms with Gasteiger partial charge in [-0.25, -0.2) is 4.57 Å². The highest BCUT2D eigenvalue weighted by Gasteiger charge is 2.28. The first kappa shape index (κ1) is 81.9. The maximum Gasteiger partial charge on any atom is 0.472 e. The fraction of sp³-hybridized carbons (Fsp3) is 0.724. The SMILES string of the molecule is CC/C=C\C/C=C\C/C=C\C/C=C\C/C=C\C/C=C\C/C=C\C/C=C\CCCCCCCCCCC(=O)NC(COP(=O)(O)OCC[N+](C)(C)C)C(O)/C=C/CC/C=C/CCCCCCCCCCCCCCCCCCCCCCCCCC. The Hall–Kier alpha value is -3.10. The van der Waals surface area contributed by atoms with Crippen molar-refractivity contribution in [3.63, 3.8) is 0 Å². The molecule has 0 aromatic carbocycles. The second-order valence-corrected chi connectivity index (χ2v) is 26.3. The molecule has 0 spiro atoms. The molecule has 3 unspecified atom stereocenters. The number of hydrogen-bond donors (Lipinski definition) is 3. The number of allylic oxidation sites excluding steroid dienone is 19. The number of carbonyl (C=O) groups excluding carboxylic acids is 1. The number of aliphatic hydroxyl groups is 1. The molecule has 0 fully saturated rings. The molecule has 0 rings (SSSR count). The standard InChI is InChI=1S/C76H135N2O6P/c1-6-8-10-12-14-16-18-20-22-24-26-28-30-32-34-36-38-39-40-42-44-46-48-50-52-54-56-58-60-62-64-66-68-70-76(80)77-74(73-84-85(81,82)83-72-71-78(3,4)5)75(79)69-67-65-63-61-59-57-55-53-51-49-47-45-43-41-37-35-33-31-29-27-25-23-21-19-17-15-13-11-9-7-2/h8,10,14,16,20,22,26,28,32,34,38-39,42,44,48,50,59,61,67,69,74-75,79H,6-7,9,11-13,15,17-19,21,23-25,27,29-31,33,35-37,40-41,43,45-47,49,51-58,60,62-66,68,70-73H2,1-5H3,(H-,77,80,81,82)/p+1/b10-8-,16-14-,22-20-,28-26-,34-32-,39-38-,44-42-,50-48-,61-59+,69-67+. The molecule has 0 aliphatic heterocycles. The van der Waals surface area contributed by atoms with Crippen molar-refractivity contribution in [2.75, 3.05) is 40.9 Å². The molecule has 0 bridgehead atoms. The van der Waals surface area contributed by atoms with E-state index < -0.39 is 20.0 Å². The van der Waals surface area contributed by atoms with Crippen molar-refractivity contribution in [2.45, 2.75) is 315 Å². The lowest BCUT2D eigenvalue weighted by atomic mass is 10.0. The predicted molar refractivity (Wildman–Crippen MR) is 373 cm³/mol. The molecule has 0 aromatic heterocycles. The third-order valence-corrected chi connectivity index (χ3v) is 16.4. The second-order valence-electron chi connectivity index (χ2n) is 24.9. The maximum atomic E-state index is 13.1. The van der Waals surface area contributed by atoms with Crippen molar-refractivity contribution >= 4 is 13.7 Å². The largest absolute Gasteiger partial charge is 0.472 e. The van der Waals surface area contributed by atoms with Crippen molar-refractivity contribution in [3.05, 3.63) is 122 Å². The fourth-order valence-electron chi connectivity index (χ4n) is 9.96. The minimum Gasteiger partial charge on any atom is -0.387 e. The third-order valence-electron chi connectivity index (χ3n) is 15.4. The lowest BCUT2D eigenvalue weighted by Crippen LogP contribution is -2.45. The molecule has 0 aliphatic rings. The second kappa shape index (κ2) is 65.3. The molecule has 9 heteroatoms. The minimum absolute atomic E-state index is 0.0486. The van der Waals surface area contributed by atoms with Crippen LogP contribution in [0.25, 0.3) is 0 Å². The number of phosphoric ester groups is 1. The summed E-state index contributed by atoms with van der Waals surface area (Å²) in [5.74, 6) is -0.197. The van der Waals surface area contributed by atoms with E-state index in [0.29, 0.717) is 17.4 Å². The molecule has 85 heavy (non-hydrogen) atoms. The Morgan fingerprint density at radius 2 is 0.718 bits per heavy atom. The summed E-state index contributed by atoms with van der Waals surface area (Å²) in [7, 11) is 1.54. The topological polar surface area (TPSA) is 105 Å². The van der Waals surface area contributed by atoms with Gasteiger partial charge in [0.1, 0.15) is 13.2 Å². The minimum atomic E-state index is -4.37. The normalized spacial score (nSPS) is 14.4. The molecule has 0 saturated heterocycles. The number of nitrogens with one attached hydrogen (secondary N) is 1. The Bertz CT molecular complexity index is 1800. The number of carbonyl (C=O) groups is 1. The Labute approximate surface area is 526 Å². The summed E-state index contributed by atoms with van der Waals surface area (Å²) in [6.45, 7) is 4.69. The summed E-state index contributed by atoms with van der Waals surface area (Å²) in [6, 6.07) is -0.879. The average molecular weight is 1200 g/mol. The molecule has 490 valence electrons. The first-order valence-electron chi connectivity index (χ1n) is 35.4. The number of phosphoric acid groups is 1. The zero-order valence-corrected chi connectivity index (χ0v) is 57.0. The number of nitrogens with zero attached hydrogens (tertiary/aromatic N) is 1. The Kier molecular flexibility index (Phi) is 63.0. The van der Waals surface area contributed by atoms with Crippen LogP contribution < -0.4 is 5.32 Å². The van der Waals surface area contributed by atoms with Crippen LogP contribution in [-0.2, 0) is 18.4 Å². The Morgan fingerprint density at radius 3 is 1.08 bits per heavy atom. The molecule has 3 atom stereocenters. The number of likely N-dealkylation sites (N-methyl/N-ethyl adjacent to an activating group) is 1. The Balaban J connectivity index is 4.18. The summed E-state index contributed by atoms with van der Waals surface area (Å²) in [4.78, 5) is 23.4. The lowest BCUT2D eigenvalue weighted by molar-refractivity contribution is -0.870. The van der Waals surface area contributed by atoms with E-state index in [0.717, 1.165) is 103 Å². The van der Waals surface area contributed by atoms with E-state index in [4.69, 9.17) is 9.05 Å². The highest BCUT2D eigenvalue weighted by atomic mass is 31.2. The molecule has 0 aliphatic carbocycles. The highest BCUT2D eigenvalue weighted by molar-refractivity contribution is 7.47. The van der Waals surface area contributed by atoms with Crippen LogP contribution >= 0.6 is 7.82 Å². The van der Waals surface area contributed by atoms with Crippen LogP contribution in [0.15, 0.2) is 122 Å². The van der Waals surface area contributed by atoms with Gasteiger partial charge in [0.25, 0.3) is 0 Å². The van der Waals surface area contributed by atoms with Crippen molar-refractivity contribution in [2.24, 2.45) is 0 Å². The first-order chi connectivity index (χ1) is 41.5. The zero-order chi connectivity index (χ0) is 61.9. The number of amides is 1. The predicted octanol–water partition coefficient (Wildman–Crippen LogP) is 22.8. The van der Waals surface area contributed by atoms with Crippen molar-refractivity contribution in [3.8, 4) is 0 Å². The summed E-state index contributed by atoms with van der Waals surface area (Å²) in [5.41, 5.74) is 0. The van der Waals surface area contributed by atoms with E-state index >= 15 is 0 Å². The van der Waals surface area contributed by atoms with Crippen molar-refractivity contribution < 1.29 is 32.9 Å². The van der Waals surface area contributed by atoms with Gasteiger partial charge in [-0.15, -0.1) is 0 Å². The van der Waals surface area contributed by atoms with Gasteiger partial charge in [-0.05, 0) is 96.3 Å². The van der Waals surface area contributed by atoms with Crippen LogP contribution in [0.2, 0.25) is 0 Å². The molecule has 0 saturated carbocycles. The van der Waals surface area contributed by atoms with E-state index in [-0.39, 0.29) is 19.1 Å². The highest BCUT2D eigenvalue weighted by Crippen LogP contribution is 2.43. The molecule has 0 aromatic rings. The van der Waals surface area contributed by atoms with Gasteiger partial charge in [0.2, 0.25) is 5.91 Å². The lowest BCUT2D eigenvalue weighted by Gasteiger charge is -2.25. The molecule has 0 heterocycles. The van der Waals surface area contributed by atoms with Crippen molar-refractivity contribution in [1.82, 2.24) is 5.32 Å². The molecular weight excluding hydrogens is 1070 g/mol. The van der Waals surface area contributed by atoms with Crippen molar-refractivity contribution in [1.29, 1.82) is 0 Å². The van der Waals surface area contributed by atoms with Crippen LogP contribution in [0.1, 0.15) is 303 Å². The number of aliphatic hydroxyl groups excluding tert-OH is 1. The van der Waals surface area contributed by atoms with Crippen LogP contribution in [0.5, 0.6) is 0 Å². The van der Waals surface area contributed by atoms with Gasteiger partial charge in [0, 0.05) is 6.42 Å². The maximum absolute atomic E-state index is 13.1. The van der Waals surface area contributed by atoms with E-state index in [9.17, 15) is 19.4 Å². The summed E-state index contributed by atoms with van der Waals surface area (Å²) < 4.78 is 23.8. The quantitative estimate of drug-likeness (QED) is 0.0243. The summed E-state index contributed by atoms with van der Waals surface area (Å²) in [6.07, 6.45) is 97.8. The van der Waals surface area contributed by atoms with E-state index in [2.05, 4.69) is 129 Å².